The van der Waals surface area contributed by atoms with Gasteiger partial charge in [0.25, 0.3) is 0 Å². The number of rotatable bonds is 1. The van der Waals surface area contributed by atoms with Crippen LogP contribution in [0, 0.1) is 3.57 Å². The fraction of sp³-hybridized carbons (Fsp3) is 0.0714. The van der Waals surface area contributed by atoms with Gasteiger partial charge < -0.3 is 8.98 Å². The lowest BCUT2D eigenvalue weighted by atomic mass is 10.1. The summed E-state index contributed by atoms with van der Waals surface area (Å²) in [6.07, 6.45) is 1.72. The van der Waals surface area contributed by atoms with Crippen LogP contribution in [0.1, 0.15) is 0 Å². The fourth-order valence-corrected chi connectivity index (χ4v) is 2.89. The van der Waals surface area contributed by atoms with Crippen LogP contribution in [0.3, 0.4) is 0 Å². The van der Waals surface area contributed by atoms with Crippen LogP contribution >= 0.6 is 22.6 Å². The Kier molecular flexibility index (Phi) is 2.74. The molecule has 0 N–H and O–H groups in total. The molecule has 90 valence electrons. The summed E-state index contributed by atoms with van der Waals surface area (Å²) in [6, 6.07) is 11.4. The topological polar surface area (TPSA) is 35.1 Å². The molecule has 0 spiro atoms. The maximum atomic E-state index is 11.9. The smallest absolute Gasteiger partial charge is 0.212 e. The second-order valence-electron chi connectivity index (χ2n) is 4.08. The van der Waals surface area contributed by atoms with Crippen molar-refractivity contribution in [3.63, 3.8) is 0 Å². The van der Waals surface area contributed by atoms with E-state index in [4.69, 9.17) is 4.42 Å². The molecule has 18 heavy (non-hydrogen) atoms. The van der Waals surface area contributed by atoms with Crippen LogP contribution in [0.5, 0.6) is 0 Å². The van der Waals surface area contributed by atoms with E-state index in [1.165, 1.54) is 0 Å². The van der Waals surface area contributed by atoms with Crippen LogP contribution in [0.4, 0.5) is 0 Å². The van der Waals surface area contributed by atoms with Crippen LogP contribution in [-0.2, 0) is 7.05 Å². The predicted octanol–water partition coefficient (Wildman–Crippen LogP) is 3.40. The molecular weight excluding hydrogens is 341 g/mol. The van der Waals surface area contributed by atoms with E-state index < -0.39 is 0 Å². The lowest BCUT2D eigenvalue weighted by molar-refractivity contribution is 0.594. The highest BCUT2D eigenvalue weighted by Crippen LogP contribution is 2.32. The second kappa shape index (κ2) is 4.28. The lowest BCUT2D eigenvalue weighted by Gasteiger charge is -1.97. The molecule has 2 aromatic heterocycles. The zero-order valence-electron chi connectivity index (χ0n) is 9.68. The van der Waals surface area contributed by atoms with Crippen molar-refractivity contribution in [2.45, 2.75) is 0 Å². The summed E-state index contributed by atoms with van der Waals surface area (Å²) in [5.41, 5.74) is 1.60. The fourth-order valence-electron chi connectivity index (χ4n) is 1.97. The number of aromatic nitrogens is 1. The maximum Gasteiger partial charge on any atom is 0.212 e. The Morgan fingerprint density at radius 2 is 1.89 bits per heavy atom. The predicted molar refractivity (Wildman–Crippen MR) is 79.6 cm³/mol. The third-order valence-corrected chi connectivity index (χ3v) is 3.91. The first-order valence-corrected chi connectivity index (χ1v) is 6.59. The third kappa shape index (κ3) is 1.68. The Morgan fingerprint density at radius 1 is 1.17 bits per heavy atom. The normalized spacial score (nSPS) is 11.0. The third-order valence-electron chi connectivity index (χ3n) is 2.88. The highest BCUT2D eigenvalue weighted by molar-refractivity contribution is 14.1. The Bertz CT molecular complexity index is 772. The number of furan rings is 1. The minimum absolute atomic E-state index is 0.00145. The van der Waals surface area contributed by atoms with E-state index in [2.05, 4.69) is 22.6 Å². The molecule has 0 bridgehead atoms. The van der Waals surface area contributed by atoms with Crippen LogP contribution in [-0.4, -0.2) is 4.57 Å². The van der Waals surface area contributed by atoms with Crippen molar-refractivity contribution in [2.75, 3.05) is 0 Å². The van der Waals surface area contributed by atoms with Gasteiger partial charge in [0.1, 0.15) is 0 Å². The first-order chi connectivity index (χ1) is 8.68. The van der Waals surface area contributed by atoms with Gasteiger partial charge in [-0.2, -0.15) is 0 Å². The molecule has 0 unspecified atom stereocenters. The molecule has 3 nitrogen and oxygen atoms in total. The van der Waals surface area contributed by atoms with Crippen molar-refractivity contribution in [1.29, 1.82) is 0 Å². The molecular formula is C14H10INO2. The van der Waals surface area contributed by atoms with E-state index in [0.717, 1.165) is 14.9 Å². The molecule has 1 aromatic carbocycles. The molecule has 0 aliphatic heterocycles. The molecule has 0 saturated heterocycles. The molecule has 0 aliphatic rings. The first kappa shape index (κ1) is 11.5. The monoisotopic (exact) mass is 351 g/mol. The van der Waals surface area contributed by atoms with Crippen molar-refractivity contribution in [2.24, 2.45) is 7.05 Å². The summed E-state index contributed by atoms with van der Waals surface area (Å²) in [4.78, 5) is 11.9. The Labute approximate surface area is 117 Å². The number of hydrogen-bond acceptors (Lipinski definition) is 2. The molecule has 2 heterocycles. The zero-order valence-corrected chi connectivity index (χ0v) is 11.8. The molecule has 0 aliphatic carbocycles. The van der Waals surface area contributed by atoms with Gasteiger partial charge in [0, 0.05) is 24.9 Å². The molecule has 3 aromatic rings. The van der Waals surface area contributed by atoms with E-state index in [1.807, 2.05) is 41.9 Å². The minimum atomic E-state index is -0.00145. The van der Waals surface area contributed by atoms with Gasteiger partial charge in [-0.3, -0.25) is 4.79 Å². The SMILES string of the molecule is Cn1ccc(=O)c2c(I)c(-c3ccccc3)oc21. The molecule has 0 atom stereocenters. The van der Waals surface area contributed by atoms with E-state index in [-0.39, 0.29) is 5.43 Å². The lowest BCUT2D eigenvalue weighted by Crippen LogP contribution is -2.03. The Morgan fingerprint density at radius 3 is 2.56 bits per heavy atom. The molecule has 0 saturated carbocycles. The maximum absolute atomic E-state index is 11.9. The second-order valence-corrected chi connectivity index (χ2v) is 5.16. The summed E-state index contributed by atoms with van der Waals surface area (Å²) in [7, 11) is 1.87. The van der Waals surface area contributed by atoms with E-state index in [0.29, 0.717) is 11.1 Å². The van der Waals surface area contributed by atoms with Gasteiger partial charge in [-0.25, -0.2) is 0 Å². The van der Waals surface area contributed by atoms with Gasteiger partial charge >= 0.3 is 0 Å². The summed E-state index contributed by atoms with van der Waals surface area (Å²) < 4.78 is 8.55. The van der Waals surface area contributed by atoms with Crippen LogP contribution in [0.25, 0.3) is 22.4 Å². The highest BCUT2D eigenvalue weighted by Gasteiger charge is 2.17. The number of fused-ring (bicyclic) bond motifs is 1. The Balaban J connectivity index is 2.40. The largest absolute Gasteiger partial charge is 0.438 e. The van der Waals surface area contributed by atoms with Crippen molar-refractivity contribution in [1.82, 2.24) is 4.57 Å². The number of benzene rings is 1. The van der Waals surface area contributed by atoms with Crippen LogP contribution in [0.15, 0.2) is 51.8 Å². The van der Waals surface area contributed by atoms with Crippen molar-refractivity contribution >= 4 is 33.7 Å². The average Bonchev–Trinajstić information content (AvgIpc) is 2.74. The van der Waals surface area contributed by atoms with E-state index in [1.54, 1.807) is 12.3 Å². The van der Waals surface area contributed by atoms with Gasteiger partial charge in [-0.15, -0.1) is 0 Å². The van der Waals surface area contributed by atoms with Gasteiger partial charge in [-0.1, -0.05) is 30.3 Å². The molecule has 3 rings (SSSR count). The standard InChI is InChI=1S/C14H10INO2/c1-16-8-7-10(17)11-12(15)13(18-14(11)16)9-5-3-2-4-6-9/h2-8H,1H3. The summed E-state index contributed by atoms with van der Waals surface area (Å²) in [6.45, 7) is 0. The van der Waals surface area contributed by atoms with Gasteiger partial charge in [0.15, 0.2) is 11.2 Å². The summed E-state index contributed by atoms with van der Waals surface area (Å²) in [5.74, 6) is 0.755. The quantitative estimate of drug-likeness (QED) is 0.630. The zero-order chi connectivity index (χ0) is 12.7. The van der Waals surface area contributed by atoms with Crippen molar-refractivity contribution < 1.29 is 4.42 Å². The average molecular weight is 351 g/mol. The van der Waals surface area contributed by atoms with Gasteiger partial charge in [0.2, 0.25) is 5.71 Å². The Hall–Kier alpha value is -1.56. The molecule has 4 heteroatoms. The number of nitrogens with zero attached hydrogens (tertiary/aromatic N) is 1. The molecule has 0 amide bonds. The van der Waals surface area contributed by atoms with Gasteiger partial charge in [0.05, 0.1) is 8.96 Å². The van der Waals surface area contributed by atoms with Gasteiger partial charge in [-0.05, 0) is 22.6 Å². The molecule has 0 radical (unpaired) electrons. The van der Waals surface area contributed by atoms with Crippen molar-refractivity contribution in [3.05, 3.63) is 56.4 Å². The van der Waals surface area contributed by atoms with Crippen LogP contribution < -0.4 is 5.43 Å². The molecule has 0 fully saturated rings. The number of hydrogen-bond donors (Lipinski definition) is 0. The summed E-state index contributed by atoms with van der Waals surface area (Å²) >= 11 is 2.17. The highest BCUT2D eigenvalue weighted by atomic mass is 127. The minimum Gasteiger partial charge on any atom is -0.438 e. The first-order valence-electron chi connectivity index (χ1n) is 5.51. The van der Waals surface area contributed by atoms with Crippen molar-refractivity contribution in [3.8, 4) is 11.3 Å². The van der Waals surface area contributed by atoms with E-state index >= 15 is 0 Å². The van der Waals surface area contributed by atoms with E-state index in [9.17, 15) is 4.79 Å². The van der Waals surface area contributed by atoms with Crippen LogP contribution in [0.2, 0.25) is 0 Å². The number of aryl methyl sites for hydroxylation is 1. The number of halogens is 1. The number of pyridine rings is 1. The summed E-state index contributed by atoms with van der Waals surface area (Å²) in [5, 5.41) is 0.652.